The van der Waals surface area contributed by atoms with E-state index in [1.54, 1.807) is 0 Å². The molecule has 4 nitrogen and oxygen atoms in total. The lowest BCUT2D eigenvalue weighted by molar-refractivity contribution is 1.25. The van der Waals surface area contributed by atoms with Crippen LogP contribution in [0.25, 0.3) is 10.9 Å². The van der Waals surface area contributed by atoms with Gasteiger partial charge in [-0.2, -0.15) is 4.98 Å². The number of anilines is 2. The summed E-state index contributed by atoms with van der Waals surface area (Å²) in [5, 5.41) is 0.840. The summed E-state index contributed by atoms with van der Waals surface area (Å²) in [5.41, 5.74) is 11.8. The van der Waals surface area contributed by atoms with Gasteiger partial charge in [-0.15, -0.1) is 12.4 Å². The quantitative estimate of drug-likeness (QED) is 0.664. The molecule has 2 aromatic rings. The molecule has 1 heterocycles. The van der Waals surface area contributed by atoms with Crippen LogP contribution in [0.15, 0.2) is 24.3 Å². The third-order valence-electron chi connectivity index (χ3n) is 1.65. The van der Waals surface area contributed by atoms with Crippen LogP contribution in [0.2, 0.25) is 0 Å². The highest BCUT2D eigenvalue weighted by Crippen LogP contribution is 2.17. The lowest BCUT2D eigenvalue weighted by atomic mass is 10.2. The van der Waals surface area contributed by atoms with E-state index in [0.29, 0.717) is 5.82 Å². The first-order valence-electron chi connectivity index (χ1n) is 3.55. The van der Waals surface area contributed by atoms with Gasteiger partial charge in [0.15, 0.2) is 0 Å². The summed E-state index contributed by atoms with van der Waals surface area (Å²) < 4.78 is 0. The van der Waals surface area contributed by atoms with Gasteiger partial charge < -0.3 is 11.5 Å². The molecule has 1 aromatic carbocycles. The van der Waals surface area contributed by atoms with Gasteiger partial charge in [0.2, 0.25) is 5.95 Å². The van der Waals surface area contributed by atoms with Gasteiger partial charge in [0.05, 0.1) is 5.52 Å². The number of aromatic nitrogens is 2. The molecule has 0 spiro atoms. The van der Waals surface area contributed by atoms with E-state index in [2.05, 4.69) is 9.97 Å². The van der Waals surface area contributed by atoms with Crippen LogP contribution in [0.3, 0.4) is 0 Å². The van der Waals surface area contributed by atoms with E-state index in [4.69, 9.17) is 11.5 Å². The Labute approximate surface area is 81.4 Å². The van der Waals surface area contributed by atoms with Crippen LogP contribution in [0, 0.1) is 0 Å². The predicted octanol–water partition coefficient (Wildman–Crippen LogP) is 1.22. The molecule has 13 heavy (non-hydrogen) atoms. The van der Waals surface area contributed by atoms with Gasteiger partial charge in [0, 0.05) is 5.39 Å². The van der Waals surface area contributed by atoms with Gasteiger partial charge in [0.1, 0.15) is 5.82 Å². The van der Waals surface area contributed by atoms with Crippen LogP contribution in [-0.4, -0.2) is 9.97 Å². The summed E-state index contributed by atoms with van der Waals surface area (Å²) in [5.74, 6) is 0.643. The number of para-hydroxylation sites is 1. The summed E-state index contributed by atoms with van der Waals surface area (Å²) in [7, 11) is 0. The SMILES string of the molecule is Cl.Nc1nc(N)c2ccccc2n1. The molecule has 68 valence electrons. The molecule has 0 radical (unpaired) electrons. The molecule has 0 unspecified atom stereocenters. The van der Waals surface area contributed by atoms with Crippen molar-refractivity contribution in [2.45, 2.75) is 0 Å². The van der Waals surface area contributed by atoms with Crippen molar-refractivity contribution >= 4 is 35.1 Å². The first-order valence-corrected chi connectivity index (χ1v) is 3.55. The third-order valence-corrected chi connectivity index (χ3v) is 1.65. The van der Waals surface area contributed by atoms with E-state index in [9.17, 15) is 0 Å². The Bertz CT molecular complexity index is 429. The van der Waals surface area contributed by atoms with E-state index in [1.807, 2.05) is 24.3 Å². The zero-order valence-corrected chi connectivity index (χ0v) is 7.58. The van der Waals surface area contributed by atoms with Crippen LogP contribution in [0.5, 0.6) is 0 Å². The second-order valence-electron chi connectivity index (χ2n) is 2.48. The largest absolute Gasteiger partial charge is 0.383 e. The zero-order valence-electron chi connectivity index (χ0n) is 6.77. The molecular formula is C8H9ClN4. The number of hydrogen-bond acceptors (Lipinski definition) is 4. The number of halogens is 1. The Hall–Kier alpha value is -1.55. The summed E-state index contributed by atoms with van der Waals surface area (Å²) >= 11 is 0. The summed E-state index contributed by atoms with van der Waals surface area (Å²) in [6.07, 6.45) is 0. The van der Waals surface area contributed by atoms with E-state index in [0.717, 1.165) is 10.9 Å². The first kappa shape index (κ1) is 9.54. The van der Waals surface area contributed by atoms with Crippen molar-refractivity contribution in [1.29, 1.82) is 0 Å². The van der Waals surface area contributed by atoms with Crippen molar-refractivity contribution in [1.82, 2.24) is 9.97 Å². The average Bonchev–Trinajstić information content (AvgIpc) is 2.04. The molecule has 4 N–H and O–H groups in total. The molecule has 0 saturated heterocycles. The number of rotatable bonds is 0. The van der Waals surface area contributed by atoms with Crippen LogP contribution >= 0.6 is 12.4 Å². The van der Waals surface area contributed by atoms with Crippen molar-refractivity contribution in [3.8, 4) is 0 Å². The number of nitrogens with two attached hydrogens (primary N) is 2. The van der Waals surface area contributed by atoms with Crippen LogP contribution < -0.4 is 11.5 Å². The molecule has 0 fully saturated rings. The number of fused-ring (bicyclic) bond motifs is 1. The lowest BCUT2D eigenvalue weighted by Crippen LogP contribution is -1.99. The molecule has 2 rings (SSSR count). The Balaban J connectivity index is 0.000000845. The summed E-state index contributed by atoms with van der Waals surface area (Å²) in [6.45, 7) is 0. The van der Waals surface area contributed by atoms with Crippen molar-refractivity contribution in [2.75, 3.05) is 11.5 Å². The third kappa shape index (κ3) is 1.62. The second-order valence-corrected chi connectivity index (χ2v) is 2.48. The monoisotopic (exact) mass is 196 g/mol. The predicted molar refractivity (Wildman–Crippen MR) is 55.6 cm³/mol. The maximum atomic E-state index is 5.63. The fourth-order valence-electron chi connectivity index (χ4n) is 1.12. The molecule has 0 aliphatic rings. The highest BCUT2D eigenvalue weighted by atomic mass is 35.5. The van der Waals surface area contributed by atoms with Crippen molar-refractivity contribution < 1.29 is 0 Å². The maximum Gasteiger partial charge on any atom is 0.222 e. The van der Waals surface area contributed by atoms with Crippen LogP contribution in [0.1, 0.15) is 0 Å². The highest BCUT2D eigenvalue weighted by molar-refractivity contribution is 5.88. The van der Waals surface area contributed by atoms with Crippen molar-refractivity contribution in [3.05, 3.63) is 24.3 Å². The van der Waals surface area contributed by atoms with Crippen LogP contribution in [-0.2, 0) is 0 Å². The topological polar surface area (TPSA) is 77.8 Å². The highest BCUT2D eigenvalue weighted by Gasteiger charge is 2.00. The molecular weight excluding hydrogens is 188 g/mol. The number of hydrogen-bond donors (Lipinski definition) is 2. The minimum Gasteiger partial charge on any atom is -0.383 e. The normalized spacial score (nSPS) is 9.54. The molecule has 0 aliphatic heterocycles. The van der Waals surface area contributed by atoms with Crippen molar-refractivity contribution in [2.24, 2.45) is 0 Å². The summed E-state index contributed by atoms with van der Waals surface area (Å²) in [4.78, 5) is 7.87. The van der Waals surface area contributed by atoms with Gasteiger partial charge >= 0.3 is 0 Å². The minimum atomic E-state index is 0. The van der Waals surface area contributed by atoms with E-state index < -0.39 is 0 Å². The Kier molecular flexibility index (Phi) is 2.53. The average molecular weight is 197 g/mol. The lowest BCUT2D eigenvalue weighted by Gasteiger charge is -2.00. The molecule has 0 aliphatic carbocycles. The fraction of sp³-hybridized carbons (Fsp3) is 0. The Morgan fingerprint density at radius 1 is 1.00 bits per heavy atom. The van der Waals surface area contributed by atoms with Gasteiger partial charge in [-0.05, 0) is 12.1 Å². The molecule has 0 saturated carbocycles. The van der Waals surface area contributed by atoms with Gasteiger partial charge in [-0.3, -0.25) is 0 Å². The van der Waals surface area contributed by atoms with Crippen molar-refractivity contribution in [3.63, 3.8) is 0 Å². The molecule has 1 aromatic heterocycles. The van der Waals surface area contributed by atoms with E-state index in [-0.39, 0.29) is 18.4 Å². The Morgan fingerprint density at radius 3 is 2.46 bits per heavy atom. The van der Waals surface area contributed by atoms with Crippen LogP contribution in [0.4, 0.5) is 11.8 Å². The maximum absolute atomic E-state index is 5.63. The first-order chi connectivity index (χ1) is 5.77. The van der Waals surface area contributed by atoms with E-state index >= 15 is 0 Å². The summed E-state index contributed by atoms with van der Waals surface area (Å²) in [6, 6.07) is 7.49. The second kappa shape index (κ2) is 3.45. The zero-order chi connectivity index (χ0) is 8.55. The number of nitrogens with zero attached hydrogens (tertiary/aromatic N) is 2. The minimum absolute atomic E-state index is 0. The molecule has 0 amide bonds. The number of benzene rings is 1. The molecule has 0 atom stereocenters. The van der Waals surface area contributed by atoms with Gasteiger partial charge in [-0.1, -0.05) is 12.1 Å². The standard InChI is InChI=1S/C8H8N4.ClH/c9-7-5-3-1-2-4-6(5)11-8(10)12-7;/h1-4H,(H4,9,10,11,12);1H. The van der Waals surface area contributed by atoms with E-state index in [1.165, 1.54) is 0 Å². The van der Waals surface area contributed by atoms with Gasteiger partial charge in [0.25, 0.3) is 0 Å². The Morgan fingerprint density at radius 2 is 1.69 bits per heavy atom. The number of nitrogen functional groups attached to an aromatic ring is 2. The molecule has 0 bridgehead atoms. The fourth-order valence-corrected chi connectivity index (χ4v) is 1.12. The smallest absolute Gasteiger partial charge is 0.222 e. The molecule has 5 heteroatoms. The van der Waals surface area contributed by atoms with Gasteiger partial charge in [-0.25, -0.2) is 4.98 Å².